The number of rotatable bonds is 10. The molecule has 1 saturated carbocycles. The number of aromatic nitrogens is 2. The van der Waals surface area contributed by atoms with Gasteiger partial charge in [-0.1, -0.05) is 42.5 Å². The summed E-state index contributed by atoms with van der Waals surface area (Å²) < 4.78 is 71.6. The molecular weight excluding hydrogens is 670 g/mol. The Balaban J connectivity index is 1.25. The number of hydrogen-bond donors (Lipinski definition) is 1. The molecule has 0 bridgehead atoms. The highest BCUT2D eigenvalue weighted by Crippen LogP contribution is 2.44. The average molecular weight is 703 g/mol. The highest BCUT2D eigenvalue weighted by Gasteiger charge is 2.54. The van der Waals surface area contributed by atoms with Gasteiger partial charge in [0.25, 0.3) is 17.7 Å². The number of carbonyl (C=O) groups is 2. The molecule has 2 amide bonds. The van der Waals surface area contributed by atoms with E-state index in [1.54, 1.807) is 6.07 Å². The van der Waals surface area contributed by atoms with Gasteiger partial charge < -0.3 is 19.7 Å². The number of halogens is 2. The van der Waals surface area contributed by atoms with Gasteiger partial charge in [0.1, 0.15) is 11.8 Å². The van der Waals surface area contributed by atoms with Gasteiger partial charge in [0.15, 0.2) is 5.69 Å². The molecule has 3 heterocycles. The molecule has 258 valence electrons. The second-order valence-corrected chi connectivity index (χ2v) is 14.6. The summed E-state index contributed by atoms with van der Waals surface area (Å²) in [4.78, 5) is 29.2. The number of benzene rings is 3. The minimum atomic E-state index is -3.84. The second kappa shape index (κ2) is 12.3. The molecule has 1 saturated heterocycles. The van der Waals surface area contributed by atoms with Crippen LogP contribution >= 0.6 is 0 Å². The summed E-state index contributed by atoms with van der Waals surface area (Å²) in [5.74, 6) is -4.47. The normalized spacial score (nSPS) is 19.7. The first kappa shape index (κ1) is 33.3. The lowest BCUT2D eigenvalue weighted by molar-refractivity contribution is 0.0428. The maximum atomic E-state index is 15.4. The van der Waals surface area contributed by atoms with Crippen LogP contribution in [-0.4, -0.2) is 79.0 Å². The lowest BCUT2D eigenvalue weighted by Crippen LogP contribution is -2.51. The fraction of sp³-hybridized carbons (Fsp3) is 0.314. The van der Waals surface area contributed by atoms with E-state index >= 15 is 8.78 Å². The molecule has 2 aliphatic heterocycles. The van der Waals surface area contributed by atoms with Crippen LogP contribution in [0.3, 0.4) is 0 Å². The number of ether oxygens (including phenoxy) is 2. The van der Waals surface area contributed by atoms with Crippen molar-refractivity contribution in [2.24, 2.45) is 0 Å². The second-order valence-electron chi connectivity index (χ2n) is 12.6. The molecule has 3 aliphatic rings. The summed E-state index contributed by atoms with van der Waals surface area (Å²) in [5, 5.41) is 16.6. The van der Waals surface area contributed by atoms with Gasteiger partial charge in [-0.15, -0.1) is 0 Å². The Morgan fingerprint density at radius 2 is 1.72 bits per heavy atom. The molecule has 15 heteroatoms. The van der Waals surface area contributed by atoms with E-state index in [1.807, 2.05) is 6.07 Å². The Labute approximate surface area is 286 Å². The van der Waals surface area contributed by atoms with Crippen LogP contribution in [0.4, 0.5) is 20.2 Å². The smallest absolute Gasteiger partial charge is 0.298 e. The van der Waals surface area contributed by atoms with Crippen molar-refractivity contribution in [3.63, 3.8) is 0 Å². The number of nitriles is 1. The summed E-state index contributed by atoms with van der Waals surface area (Å²) in [7, 11) is -0.960. The number of fused-ring (bicyclic) bond motifs is 3. The zero-order valence-corrected chi connectivity index (χ0v) is 27.9. The predicted octanol–water partition coefficient (Wildman–Crippen LogP) is 4.55. The van der Waals surface area contributed by atoms with Crippen molar-refractivity contribution >= 4 is 33.2 Å². The van der Waals surface area contributed by atoms with Crippen molar-refractivity contribution in [2.75, 3.05) is 43.3 Å². The van der Waals surface area contributed by atoms with Gasteiger partial charge in [-0.05, 0) is 43.2 Å². The highest BCUT2D eigenvalue weighted by molar-refractivity contribution is 7.89. The van der Waals surface area contributed by atoms with Crippen molar-refractivity contribution < 1.29 is 36.3 Å². The van der Waals surface area contributed by atoms with Crippen LogP contribution in [0.1, 0.15) is 56.4 Å². The first-order valence-corrected chi connectivity index (χ1v) is 17.4. The number of nitrogens with zero attached hydrogens (tertiary/aromatic N) is 5. The summed E-state index contributed by atoms with van der Waals surface area (Å²) in [6, 6.07) is 17.5. The predicted molar refractivity (Wildman–Crippen MR) is 178 cm³/mol. The SMILES string of the molecule is COc1ccc(C(=O)Nc2cnn3c2C(=O)N(c2ccc(C(F)(F)c4ccccc4)cc2)[C@H]2CN(S(=O)(=O)CC4(OC)CC4)C[C@H]23)cc1C#N. The molecule has 1 aromatic heterocycles. The number of hydrogen-bond acceptors (Lipinski definition) is 8. The summed E-state index contributed by atoms with van der Waals surface area (Å²) in [6.45, 7) is -0.0863. The Hall–Kier alpha value is -5.17. The third-order valence-electron chi connectivity index (χ3n) is 9.64. The molecule has 0 spiro atoms. The Kier molecular flexibility index (Phi) is 8.20. The summed E-state index contributed by atoms with van der Waals surface area (Å²) in [6.07, 6.45) is 2.54. The fourth-order valence-corrected chi connectivity index (χ4v) is 8.71. The zero-order valence-electron chi connectivity index (χ0n) is 27.0. The Morgan fingerprint density at radius 3 is 2.36 bits per heavy atom. The third kappa shape index (κ3) is 5.68. The van der Waals surface area contributed by atoms with E-state index in [-0.39, 0.29) is 63.9 Å². The molecule has 7 rings (SSSR count). The maximum absolute atomic E-state index is 15.4. The number of amides is 2. The molecule has 2 atom stereocenters. The quantitative estimate of drug-likeness (QED) is 0.253. The van der Waals surface area contributed by atoms with Gasteiger partial charge in [0, 0.05) is 42.6 Å². The van der Waals surface area contributed by atoms with Crippen molar-refractivity contribution in [3.8, 4) is 11.8 Å². The first-order valence-electron chi connectivity index (χ1n) is 15.8. The first-order chi connectivity index (χ1) is 23.9. The molecular formula is C35H32F2N6O6S. The van der Waals surface area contributed by atoms with E-state index < -0.39 is 45.4 Å². The monoisotopic (exact) mass is 702 g/mol. The molecule has 50 heavy (non-hydrogen) atoms. The van der Waals surface area contributed by atoms with Crippen molar-refractivity contribution in [2.45, 2.75) is 36.4 Å². The van der Waals surface area contributed by atoms with E-state index in [0.717, 1.165) is 0 Å². The van der Waals surface area contributed by atoms with Crippen molar-refractivity contribution in [1.82, 2.24) is 14.1 Å². The van der Waals surface area contributed by atoms with Gasteiger partial charge in [-0.25, -0.2) is 8.42 Å². The Bertz CT molecular complexity index is 2130. The molecule has 2 fully saturated rings. The van der Waals surface area contributed by atoms with Gasteiger partial charge in [0.05, 0.1) is 48.0 Å². The van der Waals surface area contributed by atoms with Gasteiger partial charge in [0.2, 0.25) is 10.0 Å². The molecule has 1 N–H and O–H groups in total. The van der Waals surface area contributed by atoms with Crippen molar-refractivity contribution in [3.05, 3.63) is 107 Å². The van der Waals surface area contributed by atoms with E-state index in [2.05, 4.69) is 10.4 Å². The molecule has 1 aliphatic carbocycles. The number of alkyl halides is 2. The van der Waals surface area contributed by atoms with E-state index in [4.69, 9.17) is 9.47 Å². The largest absolute Gasteiger partial charge is 0.495 e. The number of nitrogens with one attached hydrogen (secondary N) is 1. The zero-order chi connectivity index (χ0) is 35.4. The maximum Gasteiger partial charge on any atom is 0.298 e. The topological polar surface area (TPSA) is 147 Å². The molecule has 0 radical (unpaired) electrons. The highest BCUT2D eigenvalue weighted by atomic mass is 32.2. The van der Waals surface area contributed by atoms with E-state index in [9.17, 15) is 23.3 Å². The fourth-order valence-electron chi connectivity index (χ4n) is 6.70. The van der Waals surface area contributed by atoms with Gasteiger partial charge in [-0.3, -0.25) is 14.3 Å². The van der Waals surface area contributed by atoms with Crippen LogP contribution in [0.2, 0.25) is 0 Å². The van der Waals surface area contributed by atoms with Crippen LogP contribution in [0.5, 0.6) is 5.75 Å². The average Bonchev–Trinajstić information content (AvgIpc) is 3.52. The van der Waals surface area contributed by atoms with Gasteiger partial charge in [-0.2, -0.15) is 23.4 Å². The van der Waals surface area contributed by atoms with Crippen molar-refractivity contribution in [1.29, 1.82) is 5.26 Å². The minimum Gasteiger partial charge on any atom is -0.495 e. The van der Waals surface area contributed by atoms with E-state index in [1.165, 1.54) is 101 Å². The van der Waals surface area contributed by atoms with Crippen LogP contribution in [-0.2, 0) is 20.7 Å². The van der Waals surface area contributed by atoms with Gasteiger partial charge >= 0.3 is 0 Å². The van der Waals surface area contributed by atoms with Crippen LogP contribution < -0.4 is 15.0 Å². The number of carbonyl (C=O) groups excluding carboxylic acids is 2. The van der Waals surface area contributed by atoms with Crippen LogP contribution in [0.15, 0.2) is 79.0 Å². The molecule has 3 aromatic carbocycles. The number of anilines is 2. The lowest BCUT2D eigenvalue weighted by Gasteiger charge is -2.37. The molecule has 12 nitrogen and oxygen atoms in total. The minimum absolute atomic E-state index is 0.0119. The third-order valence-corrected chi connectivity index (χ3v) is 11.6. The van der Waals surface area contributed by atoms with Crippen LogP contribution in [0, 0.1) is 11.3 Å². The number of sulfonamides is 1. The standard InChI is InChI=1S/C35H32F2N6O6S/c1-48-30-13-8-22(16-23(30)17-38)32(44)40-27-18-39-43-29-20-41(50(46,47)21-34(49-2)14-15-34)19-28(29)42(33(45)31(27)43)26-11-9-25(10-12-26)35(36,37)24-6-4-3-5-7-24/h3-13,16,18,28-29H,14-15,19-21H2,1-2H3,(H,40,44)/t28-,29+/m0/s1. The summed E-state index contributed by atoms with van der Waals surface area (Å²) in [5.41, 5.74) is -0.643. The molecule has 4 aromatic rings. The lowest BCUT2D eigenvalue weighted by atomic mass is 9.99. The number of methoxy groups -OCH3 is 2. The van der Waals surface area contributed by atoms with Crippen LogP contribution in [0.25, 0.3) is 0 Å². The summed E-state index contributed by atoms with van der Waals surface area (Å²) >= 11 is 0. The Morgan fingerprint density at radius 1 is 1.04 bits per heavy atom. The molecule has 0 unspecified atom stereocenters. The van der Waals surface area contributed by atoms with E-state index in [0.29, 0.717) is 12.8 Å².